The molecule has 0 amide bonds. The van der Waals surface area contributed by atoms with Gasteiger partial charge in [-0.2, -0.15) is 0 Å². The number of ether oxygens (including phenoxy) is 2. The van der Waals surface area contributed by atoms with Crippen LogP contribution in [0.1, 0.15) is 10.4 Å². The lowest BCUT2D eigenvalue weighted by Crippen LogP contribution is -2.01. The van der Waals surface area contributed by atoms with E-state index in [1.807, 2.05) is 42.5 Å². The van der Waals surface area contributed by atoms with Crippen molar-refractivity contribution in [2.24, 2.45) is 0 Å². The van der Waals surface area contributed by atoms with Crippen LogP contribution in [0.25, 0.3) is 10.8 Å². The number of aromatic nitrogens is 1. The predicted octanol–water partition coefficient (Wildman–Crippen LogP) is 3.81. The Morgan fingerprint density at radius 3 is 2.71 bits per heavy atom. The van der Waals surface area contributed by atoms with Crippen molar-refractivity contribution in [1.29, 1.82) is 0 Å². The van der Waals surface area contributed by atoms with Crippen LogP contribution in [0.4, 0.5) is 0 Å². The molecule has 1 heterocycles. The maximum absolute atomic E-state index is 11.5. The van der Waals surface area contributed by atoms with Crippen molar-refractivity contribution in [3.05, 3.63) is 66.4 Å². The largest absolute Gasteiger partial charge is 0.465 e. The molecule has 21 heavy (non-hydrogen) atoms. The summed E-state index contributed by atoms with van der Waals surface area (Å²) in [6, 6.07) is 16.9. The Morgan fingerprint density at radius 2 is 1.86 bits per heavy atom. The summed E-state index contributed by atoms with van der Waals surface area (Å²) in [6.07, 6.45) is 1.52. The van der Waals surface area contributed by atoms with Crippen molar-refractivity contribution in [3.63, 3.8) is 0 Å². The van der Waals surface area contributed by atoms with Crippen LogP contribution in [-0.2, 0) is 4.74 Å². The molecule has 0 N–H and O–H groups in total. The van der Waals surface area contributed by atoms with Crippen molar-refractivity contribution in [3.8, 4) is 11.6 Å². The zero-order chi connectivity index (χ0) is 14.7. The van der Waals surface area contributed by atoms with Gasteiger partial charge in [0.25, 0.3) is 0 Å². The van der Waals surface area contributed by atoms with Crippen molar-refractivity contribution < 1.29 is 14.3 Å². The first-order valence-electron chi connectivity index (χ1n) is 6.48. The Hall–Kier alpha value is -2.88. The van der Waals surface area contributed by atoms with E-state index in [0.717, 1.165) is 10.8 Å². The monoisotopic (exact) mass is 279 g/mol. The molecule has 3 rings (SSSR count). The zero-order valence-electron chi connectivity index (χ0n) is 11.4. The number of esters is 1. The van der Waals surface area contributed by atoms with Gasteiger partial charge in [-0.3, -0.25) is 0 Å². The molecular weight excluding hydrogens is 266 g/mol. The molecule has 4 nitrogen and oxygen atoms in total. The highest BCUT2D eigenvalue weighted by Crippen LogP contribution is 2.29. The van der Waals surface area contributed by atoms with Gasteiger partial charge in [-0.25, -0.2) is 9.78 Å². The van der Waals surface area contributed by atoms with Crippen molar-refractivity contribution in [2.75, 3.05) is 7.11 Å². The summed E-state index contributed by atoms with van der Waals surface area (Å²) < 4.78 is 10.5. The van der Waals surface area contributed by atoms with Crippen molar-refractivity contribution >= 4 is 16.7 Å². The van der Waals surface area contributed by atoms with Crippen molar-refractivity contribution in [2.45, 2.75) is 0 Å². The van der Waals surface area contributed by atoms with Gasteiger partial charge in [0.2, 0.25) is 5.88 Å². The van der Waals surface area contributed by atoms with Gasteiger partial charge < -0.3 is 9.47 Å². The lowest BCUT2D eigenvalue weighted by molar-refractivity contribution is 0.0600. The smallest absolute Gasteiger partial charge is 0.338 e. The minimum absolute atomic E-state index is 0.356. The first-order chi connectivity index (χ1) is 10.3. The fourth-order valence-electron chi connectivity index (χ4n) is 2.11. The van der Waals surface area contributed by atoms with Gasteiger partial charge in [0.05, 0.1) is 12.7 Å². The maximum atomic E-state index is 11.5. The Kier molecular flexibility index (Phi) is 3.51. The molecular formula is C17H13NO3. The maximum Gasteiger partial charge on any atom is 0.338 e. The SMILES string of the molecule is COC(=O)c1ccnc(Oc2cccc3ccccc23)c1. The quantitative estimate of drug-likeness (QED) is 0.684. The van der Waals surface area contributed by atoms with Crippen LogP contribution >= 0.6 is 0 Å². The van der Waals surface area contributed by atoms with Gasteiger partial charge in [0.1, 0.15) is 5.75 Å². The average molecular weight is 279 g/mol. The van der Waals surface area contributed by atoms with Crippen LogP contribution in [0, 0.1) is 0 Å². The summed E-state index contributed by atoms with van der Waals surface area (Å²) in [4.78, 5) is 15.7. The lowest BCUT2D eigenvalue weighted by Gasteiger charge is -2.08. The number of nitrogens with zero attached hydrogens (tertiary/aromatic N) is 1. The molecule has 0 aliphatic carbocycles. The van der Waals surface area contributed by atoms with E-state index in [0.29, 0.717) is 17.2 Å². The van der Waals surface area contributed by atoms with Gasteiger partial charge in [0.15, 0.2) is 0 Å². The second-order valence-corrected chi connectivity index (χ2v) is 4.45. The molecule has 0 saturated heterocycles. The average Bonchev–Trinajstić information content (AvgIpc) is 2.55. The van der Waals surface area contributed by atoms with Crippen LogP contribution in [0.15, 0.2) is 60.8 Å². The summed E-state index contributed by atoms with van der Waals surface area (Å²) >= 11 is 0. The summed E-state index contributed by atoms with van der Waals surface area (Å²) in [6.45, 7) is 0. The van der Waals surface area contributed by atoms with Gasteiger partial charge >= 0.3 is 5.97 Å². The molecule has 0 radical (unpaired) electrons. The minimum Gasteiger partial charge on any atom is -0.465 e. The van der Waals surface area contributed by atoms with E-state index in [4.69, 9.17) is 4.74 Å². The van der Waals surface area contributed by atoms with E-state index >= 15 is 0 Å². The van der Waals surface area contributed by atoms with Crippen LogP contribution in [0.3, 0.4) is 0 Å². The normalized spacial score (nSPS) is 10.3. The van der Waals surface area contributed by atoms with E-state index < -0.39 is 5.97 Å². The number of rotatable bonds is 3. The zero-order valence-corrected chi connectivity index (χ0v) is 11.4. The molecule has 4 heteroatoms. The molecule has 0 unspecified atom stereocenters. The Balaban J connectivity index is 1.97. The number of pyridine rings is 1. The number of fused-ring (bicyclic) bond motifs is 1. The van der Waals surface area contributed by atoms with E-state index in [9.17, 15) is 4.79 Å². The lowest BCUT2D eigenvalue weighted by atomic mass is 10.1. The fourth-order valence-corrected chi connectivity index (χ4v) is 2.11. The summed E-state index contributed by atoms with van der Waals surface area (Å²) in [5.41, 5.74) is 0.405. The number of carbonyl (C=O) groups excluding carboxylic acids is 1. The van der Waals surface area contributed by atoms with Gasteiger partial charge in [-0.05, 0) is 17.5 Å². The minimum atomic E-state index is -0.417. The molecule has 2 aromatic carbocycles. The third-order valence-corrected chi connectivity index (χ3v) is 3.12. The van der Waals surface area contributed by atoms with Crippen LogP contribution in [0.5, 0.6) is 11.6 Å². The van der Waals surface area contributed by atoms with Crippen LogP contribution in [0.2, 0.25) is 0 Å². The van der Waals surface area contributed by atoms with Gasteiger partial charge in [-0.1, -0.05) is 36.4 Å². The summed E-state index contributed by atoms with van der Waals surface area (Å²) in [7, 11) is 1.34. The molecule has 104 valence electrons. The van der Waals surface area contributed by atoms with E-state index in [1.165, 1.54) is 13.3 Å². The van der Waals surface area contributed by atoms with Crippen LogP contribution < -0.4 is 4.74 Å². The summed E-state index contributed by atoms with van der Waals surface area (Å²) in [5, 5.41) is 2.07. The topological polar surface area (TPSA) is 48.4 Å². The third-order valence-electron chi connectivity index (χ3n) is 3.12. The van der Waals surface area contributed by atoms with Crippen LogP contribution in [-0.4, -0.2) is 18.1 Å². The number of carbonyl (C=O) groups is 1. The molecule has 1 aromatic heterocycles. The van der Waals surface area contributed by atoms with Gasteiger partial charge in [0, 0.05) is 17.6 Å². The highest BCUT2D eigenvalue weighted by Gasteiger charge is 2.09. The molecule has 0 bridgehead atoms. The highest BCUT2D eigenvalue weighted by atomic mass is 16.5. The third kappa shape index (κ3) is 2.69. The first-order valence-corrected chi connectivity index (χ1v) is 6.48. The van der Waals surface area contributed by atoms with E-state index in [1.54, 1.807) is 12.1 Å². The molecule has 0 aliphatic heterocycles. The fraction of sp³-hybridized carbons (Fsp3) is 0.0588. The van der Waals surface area contributed by atoms with Gasteiger partial charge in [-0.15, -0.1) is 0 Å². The number of hydrogen-bond acceptors (Lipinski definition) is 4. The molecule has 0 atom stereocenters. The first kappa shape index (κ1) is 13.1. The van der Waals surface area contributed by atoms with E-state index in [2.05, 4.69) is 9.72 Å². The Morgan fingerprint density at radius 1 is 1.05 bits per heavy atom. The summed E-state index contributed by atoms with van der Waals surface area (Å²) in [5.74, 6) is 0.636. The standard InChI is InChI=1S/C17H13NO3/c1-20-17(19)13-9-10-18-16(11-13)21-15-8-4-6-12-5-2-3-7-14(12)15/h2-11H,1H3. The molecule has 0 aliphatic rings. The second-order valence-electron chi connectivity index (χ2n) is 4.45. The molecule has 0 saturated carbocycles. The second kappa shape index (κ2) is 5.63. The molecule has 0 spiro atoms. The Bertz CT molecular complexity index is 793. The molecule has 0 fully saturated rings. The van der Waals surface area contributed by atoms with E-state index in [-0.39, 0.29) is 0 Å². The predicted molar refractivity (Wildman–Crippen MR) is 79.6 cm³/mol. The Labute approximate surface area is 122 Å². The number of hydrogen-bond donors (Lipinski definition) is 0. The highest BCUT2D eigenvalue weighted by molar-refractivity contribution is 5.90. The number of methoxy groups -OCH3 is 1. The number of benzene rings is 2. The molecule has 3 aromatic rings. The van der Waals surface area contributed by atoms with Crippen molar-refractivity contribution in [1.82, 2.24) is 4.98 Å².